The van der Waals surface area contributed by atoms with Crippen molar-refractivity contribution in [3.05, 3.63) is 46.1 Å². The van der Waals surface area contributed by atoms with E-state index in [2.05, 4.69) is 5.32 Å². The van der Waals surface area contributed by atoms with E-state index >= 15 is 0 Å². The van der Waals surface area contributed by atoms with Gasteiger partial charge in [0, 0.05) is 18.2 Å². The minimum absolute atomic E-state index is 0.0364. The van der Waals surface area contributed by atoms with Gasteiger partial charge >= 0.3 is 0 Å². The van der Waals surface area contributed by atoms with Crippen molar-refractivity contribution in [3.8, 4) is 11.5 Å². The third-order valence-electron chi connectivity index (χ3n) is 4.85. The number of fused-ring (bicyclic) bond motifs is 2. The Kier molecular flexibility index (Phi) is 4.70. The second-order valence-corrected chi connectivity index (χ2v) is 9.43. The molecule has 2 aromatic carbocycles. The molecule has 152 valence electrons. The van der Waals surface area contributed by atoms with Gasteiger partial charge in [0.15, 0.2) is 16.4 Å². The number of hydrogen-bond acceptors (Lipinski definition) is 7. The lowest BCUT2D eigenvalue weighted by Crippen LogP contribution is -2.38. The van der Waals surface area contributed by atoms with Crippen LogP contribution >= 0.6 is 0 Å². The molecule has 1 aromatic heterocycles. The molecular weight excluding hydrogens is 398 g/mol. The first-order valence-corrected chi connectivity index (χ1v) is 10.9. The van der Waals surface area contributed by atoms with Crippen molar-refractivity contribution in [3.63, 3.8) is 0 Å². The molecule has 9 heteroatoms. The first-order valence-electron chi connectivity index (χ1n) is 9.05. The van der Waals surface area contributed by atoms with Crippen LogP contribution in [0.15, 0.2) is 39.5 Å². The van der Waals surface area contributed by atoms with Crippen molar-refractivity contribution in [2.24, 2.45) is 0 Å². The maximum atomic E-state index is 12.7. The molecule has 1 aliphatic heterocycles. The SMILES string of the molecule is Cc1ccc2c(=O)c3c(O)cc(OCC(=O)N[C@H]4CCS(=O)(=O)C4)cc3oc2c1. The average Bonchev–Trinajstić information content (AvgIpc) is 2.97. The van der Waals surface area contributed by atoms with Crippen LogP contribution < -0.4 is 15.5 Å². The molecule has 1 amide bonds. The quantitative estimate of drug-likeness (QED) is 0.619. The lowest BCUT2D eigenvalue weighted by molar-refractivity contribution is -0.123. The molecule has 0 aliphatic carbocycles. The summed E-state index contributed by atoms with van der Waals surface area (Å²) >= 11 is 0. The number of ether oxygens (including phenoxy) is 1. The van der Waals surface area contributed by atoms with E-state index in [1.807, 2.05) is 6.92 Å². The molecule has 2 heterocycles. The number of rotatable bonds is 4. The van der Waals surface area contributed by atoms with Crippen LogP contribution in [0.2, 0.25) is 0 Å². The lowest BCUT2D eigenvalue weighted by Gasteiger charge is -2.12. The lowest BCUT2D eigenvalue weighted by atomic mass is 10.1. The molecule has 0 bridgehead atoms. The maximum Gasteiger partial charge on any atom is 0.258 e. The van der Waals surface area contributed by atoms with E-state index in [1.165, 1.54) is 12.1 Å². The highest BCUT2D eigenvalue weighted by Crippen LogP contribution is 2.30. The van der Waals surface area contributed by atoms with E-state index < -0.39 is 21.8 Å². The second-order valence-electron chi connectivity index (χ2n) is 7.20. The van der Waals surface area contributed by atoms with Gasteiger partial charge in [0.25, 0.3) is 5.91 Å². The highest BCUT2D eigenvalue weighted by molar-refractivity contribution is 7.91. The Morgan fingerprint density at radius 2 is 2.07 bits per heavy atom. The number of hydrogen-bond donors (Lipinski definition) is 2. The predicted octanol–water partition coefficient (Wildman–Crippen LogP) is 1.64. The van der Waals surface area contributed by atoms with Gasteiger partial charge in [-0.1, -0.05) is 6.07 Å². The van der Waals surface area contributed by atoms with Crippen molar-refractivity contribution in [1.29, 1.82) is 0 Å². The average molecular weight is 417 g/mol. The standard InChI is InChI=1S/C20H19NO7S/c1-11-2-3-14-16(6-11)28-17-8-13(7-15(22)19(17)20(14)24)27-9-18(23)21-12-4-5-29(25,26)10-12/h2-3,6-8,12,22H,4-5,9-10H2,1H3,(H,21,23)/t12-/m0/s1. The van der Waals surface area contributed by atoms with E-state index in [0.717, 1.165) is 5.56 Å². The summed E-state index contributed by atoms with van der Waals surface area (Å²) in [5.41, 5.74) is 1.09. The second kappa shape index (κ2) is 7.07. The number of phenols is 1. The summed E-state index contributed by atoms with van der Waals surface area (Å²) in [5, 5.41) is 13.3. The Morgan fingerprint density at radius 3 is 2.79 bits per heavy atom. The summed E-state index contributed by atoms with van der Waals surface area (Å²) in [6.45, 7) is 1.51. The first-order chi connectivity index (χ1) is 13.7. The van der Waals surface area contributed by atoms with Crippen LogP contribution in [0.1, 0.15) is 12.0 Å². The van der Waals surface area contributed by atoms with Gasteiger partial charge < -0.3 is 19.6 Å². The predicted molar refractivity (Wildman–Crippen MR) is 107 cm³/mol. The van der Waals surface area contributed by atoms with Crippen LogP contribution in [0.4, 0.5) is 0 Å². The molecule has 0 radical (unpaired) electrons. The minimum atomic E-state index is -3.09. The Labute approximate surface area is 166 Å². The van der Waals surface area contributed by atoms with E-state index in [0.29, 0.717) is 17.4 Å². The molecule has 3 aromatic rings. The third-order valence-corrected chi connectivity index (χ3v) is 6.62. The van der Waals surface area contributed by atoms with Gasteiger partial charge in [0.05, 0.1) is 16.9 Å². The molecular formula is C20H19NO7S. The smallest absolute Gasteiger partial charge is 0.258 e. The van der Waals surface area contributed by atoms with Gasteiger partial charge in [-0.15, -0.1) is 0 Å². The fourth-order valence-corrected chi connectivity index (χ4v) is 5.12. The van der Waals surface area contributed by atoms with Crippen LogP contribution in [0.3, 0.4) is 0 Å². The number of carbonyl (C=O) groups excluding carboxylic acids is 1. The summed E-state index contributed by atoms with van der Waals surface area (Å²) in [7, 11) is -3.09. The summed E-state index contributed by atoms with van der Waals surface area (Å²) in [6.07, 6.45) is 0.377. The molecule has 1 saturated heterocycles. The summed E-state index contributed by atoms with van der Waals surface area (Å²) < 4.78 is 34.1. The van der Waals surface area contributed by atoms with E-state index in [1.54, 1.807) is 18.2 Å². The maximum absolute atomic E-state index is 12.7. The largest absolute Gasteiger partial charge is 0.507 e. The molecule has 1 atom stereocenters. The summed E-state index contributed by atoms with van der Waals surface area (Å²) in [5.74, 6) is -0.644. The number of carbonyl (C=O) groups is 1. The zero-order chi connectivity index (χ0) is 20.8. The molecule has 0 saturated carbocycles. The van der Waals surface area contributed by atoms with Crippen LogP contribution in [0.5, 0.6) is 11.5 Å². The van der Waals surface area contributed by atoms with Crippen LogP contribution in [0, 0.1) is 6.92 Å². The Balaban J connectivity index is 1.56. The summed E-state index contributed by atoms with van der Waals surface area (Å²) in [6, 6.07) is 7.41. The van der Waals surface area contributed by atoms with Crippen molar-refractivity contribution >= 4 is 37.7 Å². The first kappa shape index (κ1) is 19.3. The number of benzene rings is 2. The van der Waals surface area contributed by atoms with Gasteiger partial charge in [-0.25, -0.2) is 8.42 Å². The molecule has 4 rings (SSSR count). The highest BCUT2D eigenvalue weighted by Gasteiger charge is 2.29. The molecule has 1 aliphatic rings. The monoisotopic (exact) mass is 417 g/mol. The van der Waals surface area contributed by atoms with E-state index in [9.17, 15) is 23.1 Å². The van der Waals surface area contributed by atoms with Crippen molar-refractivity contribution < 1.29 is 27.5 Å². The minimum Gasteiger partial charge on any atom is -0.507 e. The van der Waals surface area contributed by atoms with Gasteiger partial charge in [0.1, 0.15) is 28.1 Å². The molecule has 0 unspecified atom stereocenters. The van der Waals surface area contributed by atoms with Crippen LogP contribution in [-0.2, 0) is 14.6 Å². The Bertz CT molecular complexity index is 1290. The Morgan fingerprint density at radius 1 is 1.28 bits per heavy atom. The van der Waals surface area contributed by atoms with Crippen LogP contribution in [-0.4, -0.2) is 43.6 Å². The fourth-order valence-electron chi connectivity index (χ4n) is 3.45. The normalized spacial score (nSPS) is 18.2. The number of nitrogens with one attached hydrogen (secondary N) is 1. The molecule has 2 N–H and O–H groups in total. The number of amides is 1. The molecule has 0 spiro atoms. The number of aryl methyl sites for hydroxylation is 1. The van der Waals surface area contributed by atoms with E-state index in [-0.39, 0.29) is 46.0 Å². The number of phenolic OH excluding ortho intramolecular Hbond substituents is 1. The third kappa shape index (κ3) is 3.91. The topological polar surface area (TPSA) is 123 Å². The molecule has 29 heavy (non-hydrogen) atoms. The van der Waals surface area contributed by atoms with Crippen LogP contribution in [0.25, 0.3) is 21.9 Å². The van der Waals surface area contributed by atoms with Gasteiger partial charge in [-0.05, 0) is 31.0 Å². The van der Waals surface area contributed by atoms with Crippen molar-refractivity contribution in [1.82, 2.24) is 5.32 Å². The van der Waals surface area contributed by atoms with Gasteiger partial charge in [0.2, 0.25) is 5.43 Å². The van der Waals surface area contributed by atoms with Gasteiger partial charge in [-0.2, -0.15) is 0 Å². The summed E-state index contributed by atoms with van der Waals surface area (Å²) in [4.78, 5) is 24.7. The Hall–Kier alpha value is -3.07. The van der Waals surface area contributed by atoms with Crippen molar-refractivity contribution in [2.75, 3.05) is 18.1 Å². The number of sulfone groups is 1. The molecule has 8 nitrogen and oxygen atoms in total. The van der Waals surface area contributed by atoms with Crippen molar-refractivity contribution in [2.45, 2.75) is 19.4 Å². The number of aromatic hydroxyl groups is 1. The molecule has 1 fully saturated rings. The fraction of sp³-hybridized carbons (Fsp3) is 0.300. The van der Waals surface area contributed by atoms with E-state index in [4.69, 9.17) is 9.15 Å². The highest BCUT2D eigenvalue weighted by atomic mass is 32.2. The zero-order valence-corrected chi connectivity index (χ0v) is 16.4. The zero-order valence-electron chi connectivity index (χ0n) is 15.6. The van der Waals surface area contributed by atoms with Gasteiger partial charge in [-0.3, -0.25) is 9.59 Å².